The summed E-state index contributed by atoms with van der Waals surface area (Å²) >= 11 is 0. The van der Waals surface area contributed by atoms with Gasteiger partial charge in [0, 0.05) is 18.9 Å². The maximum absolute atomic E-state index is 11.0. The number of nitrogens with one attached hydrogen (secondary N) is 1. The zero-order valence-corrected chi connectivity index (χ0v) is 7.43. The van der Waals surface area contributed by atoms with Gasteiger partial charge in [-0.3, -0.25) is 14.9 Å². The monoisotopic (exact) mass is 197 g/mol. The van der Waals surface area contributed by atoms with Gasteiger partial charge in [-0.2, -0.15) is 0 Å². The molecule has 5 nitrogen and oxygen atoms in total. The minimum absolute atomic E-state index is 0.0850. The molecule has 1 aliphatic carbocycles. The van der Waals surface area contributed by atoms with Gasteiger partial charge in [0.25, 0.3) is 0 Å². The Labute approximate surface area is 80.4 Å². The van der Waals surface area contributed by atoms with Crippen LogP contribution in [-0.2, 0) is 9.59 Å². The van der Waals surface area contributed by atoms with Gasteiger partial charge in [0.2, 0.25) is 0 Å². The smallest absolute Gasteiger partial charge is 0.320 e. The molecule has 0 aromatic heterocycles. The summed E-state index contributed by atoms with van der Waals surface area (Å²) in [5.41, 5.74) is -1.17. The fraction of sp³-hybridized carbons (Fsp3) is 0.556. The van der Waals surface area contributed by atoms with Crippen LogP contribution in [0.2, 0.25) is 0 Å². The molecule has 1 saturated heterocycles. The number of hydrogen-bond acceptors (Lipinski definition) is 4. The van der Waals surface area contributed by atoms with Gasteiger partial charge in [-0.25, -0.2) is 0 Å². The highest BCUT2D eigenvalue weighted by atomic mass is 16.4. The highest BCUT2D eigenvalue weighted by Crippen LogP contribution is 2.31. The summed E-state index contributed by atoms with van der Waals surface area (Å²) in [6, 6.07) is -1.22. The van der Waals surface area contributed by atoms with Crippen molar-refractivity contribution in [2.45, 2.75) is 30.5 Å². The number of carboxylic acid groups (broad SMARTS) is 1. The number of carboxylic acids is 1. The SMILES string of the molecule is O=C1C=CC2(O)CC(C(=O)O)NC2C1. The fourth-order valence-corrected chi connectivity index (χ4v) is 2.00. The van der Waals surface area contributed by atoms with Crippen LogP contribution in [0.3, 0.4) is 0 Å². The molecule has 0 saturated carbocycles. The van der Waals surface area contributed by atoms with Gasteiger partial charge in [0.15, 0.2) is 5.78 Å². The Hall–Kier alpha value is -1.20. The van der Waals surface area contributed by atoms with E-state index in [0.29, 0.717) is 0 Å². The summed E-state index contributed by atoms with van der Waals surface area (Å²) < 4.78 is 0. The van der Waals surface area contributed by atoms with Crippen molar-refractivity contribution in [3.05, 3.63) is 12.2 Å². The lowest BCUT2D eigenvalue weighted by atomic mass is 9.85. The summed E-state index contributed by atoms with van der Waals surface area (Å²) in [4.78, 5) is 21.7. The number of carbonyl (C=O) groups is 2. The van der Waals surface area contributed by atoms with E-state index in [9.17, 15) is 14.7 Å². The molecule has 1 heterocycles. The number of hydrogen-bond donors (Lipinski definition) is 3. The first kappa shape index (κ1) is 9.36. The van der Waals surface area contributed by atoms with E-state index in [1.54, 1.807) is 0 Å². The van der Waals surface area contributed by atoms with Crippen molar-refractivity contribution in [3.63, 3.8) is 0 Å². The Balaban J connectivity index is 2.22. The van der Waals surface area contributed by atoms with Gasteiger partial charge in [-0.05, 0) is 12.2 Å². The van der Waals surface area contributed by atoms with Crippen molar-refractivity contribution >= 4 is 11.8 Å². The van der Waals surface area contributed by atoms with E-state index in [4.69, 9.17) is 5.11 Å². The number of ketones is 1. The molecule has 1 fully saturated rings. The van der Waals surface area contributed by atoms with Crippen LogP contribution in [0.25, 0.3) is 0 Å². The van der Waals surface area contributed by atoms with Crippen molar-refractivity contribution in [1.82, 2.24) is 5.32 Å². The Morgan fingerprint density at radius 3 is 3.00 bits per heavy atom. The Morgan fingerprint density at radius 1 is 1.64 bits per heavy atom. The van der Waals surface area contributed by atoms with E-state index in [-0.39, 0.29) is 18.6 Å². The molecule has 1 aliphatic heterocycles. The zero-order valence-electron chi connectivity index (χ0n) is 7.43. The van der Waals surface area contributed by atoms with Crippen LogP contribution in [0.5, 0.6) is 0 Å². The maximum atomic E-state index is 11.0. The molecule has 2 aliphatic rings. The quantitative estimate of drug-likeness (QED) is 0.505. The largest absolute Gasteiger partial charge is 0.480 e. The van der Waals surface area contributed by atoms with Crippen LogP contribution in [-0.4, -0.2) is 39.7 Å². The highest BCUT2D eigenvalue weighted by Gasteiger charge is 2.48. The van der Waals surface area contributed by atoms with E-state index >= 15 is 0 Å². The lowest BCUT2D eigenvalue weighted by Crippen LogP contribution is -2.45. The molecular formula is C9H11NO4. The average Bonchev–Trinajstić information content (AvgIpc) is 2.43. The minimum atomic E-state index is -1.17. The predicted molar refractivity (Wildman–Crippen MR) is 46.7 cm³/mol. The van der Waals surface area contributed by atoms with Crippen LogP contribution in [0.4, 0.5) is 0 Å². The van der Waals surface area contributed by atoms with E-state index in [1.807, 2.05) is 0 Å². The highest BCUT2D eigenvalue weighted by molar-refractivity contribution is 5.92. The third-order valence-electron chi connectivity index (χ3n) is 2.80. The molecular weight excluding hydrogens is 186 g/mol. The average molecular weight is 197 g/mol. The first-order valence-electron chi connectivity index (χ1n) is 4.44. The van der Waals surface area contributed by atoms with Crippen molar-refractivity contribution in [1.29, 1.82) is 0 Å². The second kappa shape index (κ2) is 2.90. The Kier molecular flexibility index (Phi) is 1.94. The molecule has 76 valence electrons. The summed E-state index contributed by atoms with van der Waals surface area (Å²) in [5.74, 6) is -1.08. The molecule has 0 amide bonds. The van der Waals surface area contributed by atoms with E-state index < -0.39 is 23.7 Å². The molecule has 0 bridgehead atoms. The van der Waals surface area contributed by atoms with Gasteiger partial charge in [0.1, 0.15) is 11.6 Å². The Bertz CT molecular complexity index is 325. The summed E-state index contributed by atoms with van der Waals surface area (Å²) in [6.45, 7) is 0. The fourth-order valence-electron chi connectivity index (χ4n) is 2.00. The summed E-state index contributed by atoms with van der Waals surface area (Å²) in [7, 11) is 0. The van der Waals surface area contributed by atoms with Gasteiger partial charge in [-0.1, -0.05) is 0 Å². The van der Waals surface area contributed by atoms with Crippen LogP contribution in [0.15, 0.2) is 12.2 Å². The number of aliphatic carboxylic acids is 1. The predicted octanol–water partition coefficient (Wildman–Crippen LogP) is -0.938. The molecule has 5 heteroatoms. The first-order chi connectivity index (χ1) is 6.51. The normalized spacial score (nSPS) is 41.1. The second-order valence-electron chi connectivity index (χ2n) is 3.81. The molecule has 0 radical (unpaired) electrons. The molecule has 2 rings (SSSR count). The summed E-state index contributed by atoms with van der Waals surface area (Å²) in [6.07, 6.45) is 3.01. The third kappa shape index (κ3) is 1.34. The van der Waals surface area contributed by atoms with Crippen LogP contribution < -0.4 is 5.32 Å². The number of allylic oxidation sites excluding steroid dienone is 1. The Morgan fingerprint density at radius 2 is 2.36 bits per heavy atom. The van der Waals surface area contributed by atoms with Crippen LogP contribution >= 0.6 is 0 Å². The van der Waals surface area contributed by atoms with Crippen molar-refractivity contribution in [2.24, 2.45) is 0 Å². The molecule has 3 atom stereocenters. The van der Waals surface area contributed by atoms with E-state index in [1.165, 1.54) is 12.2 Å². The molecule has 3 unspecified atom stereocenters. The van der Waals surface area contributed by atoms with Gasteiger partial charge >= 0.3 is 5.97 Å². The minimum Gasteiger partial charge on any atom is -0.480 e. The van der Waals surface area contributed by atoms with Crippen LogP contribution in [0.1, 0.15) is 12.8 Å². The van der Waals surface area contributed by atoms with E-state index in [2.05, 4.69) is 5.32 Å². The number of rotatable bonds is 1. The molecule has 14 heavy (non-hydrogen) atoms. The maximum Gasteiger partial charge on any atom is 0.320 e. The van der Waals surface area contributed by atoms with Crippen molar-refractivity contribution < 1.29 is 19.8 Å². The van der Waals surface area contributed by atoms with Gasteiger partial charge < -0.3 is 10.2 Å². The first-order valence-corrected chi connectivity index (χ1v) is 4.44. The lowest BCUT2D eigenvalue weighted by Gasteiger charge is -2.28. The number of fused-ring (bicyclic) bond motifs is 1. The number of aliphatic hydroxyl groups is 1. The summed E-state index contributed by atoms with van der Waals surface area (Å²) in [5, 5.41) is 21.5. The van der Waals surface area contributed by atoms with Gasteiger partial charge in [-0.15, -0.1) is 0 Å². The van der Waals surface area contributed by atoms with Crippen molar-refractivity contribution in [3.8, 4) is 0 Å². The lowest BCUT2D eigenvalue weighted by molar-refractivity contribution is -0.139. The van der Waals surface area contributed by atoms with Gasteiger partial charge in [0.05, 0.1) is 0 Å². The van der Waals surface area contributed by atoms with Crippen LogP contribution in [0, 0.1) is 0 Å². The molecule has 0 aromatic rings. The number of carbonyl (C=O) groups excluding carboxylic acids is 1. The topological polar surface area (TPSA) is 86.6 Å². The third-order valence-corrected chi connectivity index (χ3v) is 2.80. The zero-order chi connectivity index (χ0) is 10.3. The standard InChI is InChI=1S/C9H11NO4/c11-5-1-2-9(14)4-6(8(12)13)10-7(9)3-5/h1-2,6-7,10,14H,3-4H2,(H,12,13). The van der Waals surface area contributed by atoms with Crippen molar-refractivity contribution in [2.75, 3.05) is 0 Å². The second-order valence-corrected chi connectivity index (χ2v) is 3.81. The molecule has 0 aromatic carbocycles. The molecule has 0 spiro atoms. The van der Waals surface area contributed by atoms with E-state index in [0.717, 1.165) is 0 Å². The molecule has 3 N–H and O–H groups in total.